The number of pyridine rings is 1. The summed E-state index contributed by atoms with van der Waals surface area (Å²) in [7, 11) is 1.95. The van der Waals surface area contributed by atoms with Gasteiger partial charge in [-0.1, -0.05) is 19.1 Å². The summed E-state index contributed by atoms with van der Waals surface area (Å²) in [5.74, 6) is 1.73. The number of hydrogen-bond donors (Lipinski definition) is 1. The Hall–Kier alpha value is -4.03. The predicted molar refractivity (Wildman–Crippen MR) is 153 cm³/mol. The van der Waals surface area contributed by atoms with Crippen LogP contribution in [0.4, 0.5) is 5.69 Å². The highest BCUT2D eigenvalue weighted by atomic mass is 16.1. The molecule has 4 heterocycles. The molecule has 1 saturated carbocycles. The maximum atomic E-state index is 13.8. The van der Waals surface area contributed by atoms with Gasteiger partial charge in [-0.15, -0.1) is 10.2 Å². The second kappa shape index (κ2) is 10.5. The minimum atomic E-state index is -0.327. The number of carbonyl (C=O) groups excluding carboxylic acids is 1. The van der Waals surface area contributed by atoms with Crippen LogP contribution in [-0.4, -0.2) is 48.0 Å². The molecule has 9 nitrogen and oxygen atoms in total. The molecular formula is C31H36N8O. The van der Waals surface area contributed by atoms with Crippen LogP contribution in [0.1, 0.15) is 72.0 Å². The van der Waals surface area contributed by atoms with E-state index in [1.54, 1.807) is 6.33 Å². The van der Waals surface area contributed by atoms with E-state index in [0.717, 1.165) is 60.8 Å². The Morgan fingerprint density at radius 3 is 2.88 bits per heavy atom. The van der Waals surface area contributed by atoms with Crippen LogP contribution in [0, 0.1) is 30.1 Å². The van der Waals surface area contributed by atoms with Crippen molar-refractivity contribution in [3.05, 3.63) is 77.3 Å². The molecule has 1 aliphatic carbocycles. The number of imidazole rings is 1. The van der Waals surface area contributed by atoms with Crippen LogP contribution in [0.2, 0.25) is 0 Å². The molecule has 0 unspecified atom stereocenters. The van der Waals surface area contributed by atoms with Gasteiger partial charge in [0.05, 0.1) is 17.0 Å². The number of nitrogens with zero attached hydrogens (tertiary/aromatic N) is 7. The van der Waals surface area contributed by atoms with Crippen molar-refractivity contribution in [1.29, 1.82) is 5.26 Å². The molecule has 1 aliphatic heterocycles. The maximum absolute atomic E-state index is 13.8. The fourth-order valence-electron chi connectivity index (χ4n) is 6.76. The highest BCUT2D eigenvalue weighted by molar-refractivity contribution is 6.08. The average Bonchev–Trinajstić information content (AvgIpc) is 3.51. The molecule has 1 amide bonds. The van der Waals surface area contributed by atoms with E-state index < -0.39 is 0 Å². The molecule has 0 radical (unpaired) electrons. The Kier molecular flexibility index (Phi) is 6.88. The number of carbonyl (C=O) groups is 1. The van der Waals surface area contributed by atoms with Crippen molar-refractivity contribution in [2.75, 3.05) is 18.4 Å². The van der Waals surface area contributed by atoms with E-state index in [0.29, 0.717) is 29.5 Å². The van der Waals surface area contributed by atoms with Gasteiger partial charge in [-0.05, 0) is 80.3 Å². The number of fused-ring (bicyclic) bond motifs is 1. The summed E-state index contributed by atoms with van der Waals surface area (Å²) in [6, 6.07) is 12.3. The molecule has 3 aromatic heterocycles. The zero-order valence-corrected chi connectivity index (χ0v) is 23.5. The van der Waals surface area contributed by atoms with Crippen LogP contribution >= 0.6 is 0 Å². The largest absolute Gasteiger partial charge is 0.322 e. The standard InChI is InChI=1S/C31H36N8O/c1-21-6-5-11-38(17-21)18-24-12-27(28-33-16-22(2)39(28)19-24)29(40)35-26-8-4-7-25(13-26)31(14-23(15-31)9-10-32)30-36-34-20-37(30)3/h4,7-8,12-13,16,19-21,23H,5-6,9,11,14-15,17-18H2,1-3H3,(H,35,40)/t21-,23-,31+/m0/s1. The number of rotatable bonds is 7. The van der Waals surface area contributed by atoms with Crippen LogP contribution in [-0.2, 0) is 19.0 Å². The first-order valence-corrected chi connectivity index (χ1v) is 14.2. The molecule has 0 spiro atoms. The normalized spacial score (nSPS) is 23.1. The zero-order valence-electron chi connectivity index (χ0n) is 23.5. The molecule has 1 N–H and O–H groups in total. The number of aromatic nitrogens is 5. The van der Waals surface area contributed by atoms with Crippen molar-refractivity contribution in [2.24, 2.45) is 18.9 Å². The first kappa shape index (κ1) is 26.2. The third-order valence-corrected chi connectivity index (χ3v) is 8.71. The van der Waals surface area contributed by atoms with Crippen molar-refractivity contribution in [1.82, 2.24) is 29.0 Å². The highest BCUT2D eigenvalue weighted by Crippen LogP contribution is 2.53. The van der Waals surface area contributed by atoms with E-state index in [1.807, 2.05) is 53.4 Å². The Morgan fingerprint density at radius 1 is 1.27 bits per heavy atom. The lowest BCUT2D eigenvalue weighted by atomic mass is 9.57. The van der Waals surface area contributed by atoms with Crippen molar-refractivity contribution in [3.8, 4) is 6.07 Å². The number of likely N-dealkylation sites (tertiary alicyclic amines) is 1. The molecule has 40 heavy (non-hydrogen) atoms. The Bertz CT molecular complexity index is 1590. The molecule has 206 valence electrons. The molecule has 1 atom stereocenters. The third-order valence-electron chi connectivity index (χ3n) is 8.71. The van der Waals surface area contributed by atoms with Crippen LogP contribution in [0.25, 0.3) is 5.65 Å². The summed E-state index contributed by atoms with van der Waals surface area (Å²) < 4.78 is 3.99. The second-order valence-electron chi connectivity index (χ2n) is 11.9. The summed E-state index contributed by atoms with van der Waals surface area (Å²) >= 11 is 0. The smallest absolute Gasteiger partial charge is 0.259 e. The van der Waals surface area contributed by atoms with Crippen LogP contribution in [0.3, 0.4) is 0 Å². The number of amides is 1. The summed E-state index contributed by atoms with van der Waals surface area (Å²) in [4.78, 5) is 20.8. The number of benzene rings is 1. The van der Waals surface area contributed by atoms with E-state index >= 15 is 0 Å². The van der Waals surface area contributed by atoms with Gasteiger partial charge in [-0.25, -0.2) is 4.98 Å². The van der Waals surface area contributed by atoms with Crippen molar-refractivity contribution in [3.63, 3.8) is 0 Å². The van der Waals surface area contributed by atoms with Gasteiger partial charge in [-0.3, -0.25) is 9.69 Å². The van der Waals surface area contributed by atoms with E-state index in [2.05, 4.69) is 50.7 Å². The minimum Gasteiger partial charge on any atom is -0.322 e. The lowest BCUT2D eigenvalue weighted by Crippen LogP contribution is -2.44. The van der Waals surface area contributed by atoms with E-state index in [-0.39, 0.29) is 11.3 Å². The lowest BCUT2D eigenvalue weighted by Gasteiger charge is -2.46. The topological polar surface area (TPSA) is 104 Å². The molecule has 1 aromatic carbocycles. The molecule has 0 bridgehead atoms. The van der Waals surface area contributed by atoms with Crippen LogP contribution in [0.5, 0.6) is 0 Å². The monoisotopic (exact) mass is 536 g/mol. The Morgan fingerprint density at radius 2 is 2.12 bits per heavy atom. The molecule has 9 heteroatoms. The van der Waals surface area contributed by atoms with Gasteiger partial charge in [0, 0.05) is 50.3 Å². The number of piperidine rings is 1. The molecule has 1 saturated heterocycles. The fraction of sp³-hybridized carbons (Fsp3) is 0.452. The van der Waals surface area contributed by atoms with Gasteiger partial charge in [0.2, 0.25) is 0 Å². The first-order chi connectivity index (χ1) is 19.4. The van der Waals surface area contributed by atoms with Gasteiger partial charge in [0.1, 0.15) is 17.8 Å². The van der Waals surface area contributed by atoms with Crippen molar-refractivity contribution < 1.29 is 4.79 Å². The van der Waals surface area contributed by atoms with E-state index in [4.69, 9.17) is 0 Å². The van der Waals surface area contributed by atoms with E-state index in [9.17, 15) is 10.1 Å². The van der Waals surface area contributed by atoms with Gasteiger partial charge < -0.3 is 14.3 Å². The summed E-state index contributed by atoms with van der Waals surface area (Å²) in [6.07, 6.45) is 10.3. The Balaban J connectivity index is 1.29. The first-order valence-electron chi connectivity index (χ1n) is 14.2. The van der Waals surface area contributed by atoms with Gasteiger partial charge in [-0.2, -0.15) is 5.26 Å². The van der Waals surface area contributed by atoms with Gasteiger partial charge >= 0.3 is 0 Å². The van der Waals surface area contributed by atoms with Crippen molar-refractivity contribution in [2.45, 2.75) is 57.9 Å². The Labute approximate surface area is 234 Å². The number of anilines is 1. The van der Waals surface area contributed by atoms with Gasteiger partial charge in [0.15, 0.2) is 0 Å². The van der Waals surface area contributed by atoms with Gasteiger partial charge in [0.25, 0.3) is 5.91 Å². The number of hydrogen-bond acceptors (Lipinski definition) is 6. The number of nitriles is 1. The zero-order chi connectivity index (χ0) is 27.9. The SMILES string of the molecule is Cc1cnc2c(C(=O)Nc3cccc([C@]4(c5nncn5C)C[C@@H](CC#N)C4)c3)cc(CN3CCC[C@H](C)C3)cn12. The average molecular weight is 537 g/mol. The highest BCUT2D eigenvalue weighted by Gasteiger charge is 2.49. The van der Waals surface area contributed by atoms with E-state index in [1.165, 1.54) is 12.8 Å². The number of aryl methyl sites for hydroxylation is 2. The van der Waals surface area contributed by atoms with Crippen LogP contribution in [0.15, 0.2) is 49.1 Å². The molecule has 2 fully saturated rings. The maximum Gasteiger partial charge on any atom is 0.259 e. The van der Waals surface area contributed by atoms with Crippen molar-refractivity contribution >= 4 is 17.2 Å². The second-order valence-corrected chi connectivity index (χ2v) is 11.9. The summed E-state index contributed by atoms with van der Waals surface area (Å²) in [6.45, 7) is 7.31. The van der Waals surface area contributed by atoms with Crippen LogP contribution < -0.4 is 5.32 Å². The summed E-state index contributed by atoms with van der Waals surface area (Å²) in [5, 5.41) is 21.0. The number of nitrogens with one attached hydrogen (secondary N) is 1. The molecule has 4 aromatic rings. The molecule has 6 rings (SSSR count). The lowest BCUT2D eigenvalue weighted by molar-refractivity contribution is 0.102. The third kappa shape index (κ3) is 4.77. The molecular weight excluding hydrogens is 500 g/mol. The quantitative estimate of drug-likeness (QED) is 0.362. The minimum absolute atomic E-state index is 0.176. The summed E-state index contributed by atoms with van der Waals surface area (Å²) in [5.41, 5.74) is 4.82. The predicted octanol–water partition coefficient (Wildman–Crippen LogP) is 4.87. The molecule has 2 aliphatic rings. The fourth-order valence-corrected chi connectivity index (χ4v) is 6.76.